The van der Waals surface area contributed by atoms with Crippen LogP contribution in [0.3, 0.4) is 0 Å². The molecule has 5 N–H and O–H groups in total. The summed E-state index contributed by atoms with van der Waals surface area (Å²) >= 11 is 0. The topological polar surface area (TPSA) is 105 Å². The number of carbonyl (C=O) groups is 2. The highest BCUT2D eigenvalue weighted by molar-refractivity contribution is 5.78. The summed E-state index contributed by atoms with van der Waals surface area (Å²) in [7, 11) is 0. The van der Waals surface area contributed by atoms with E-state index in [4.69, 9.17) is 10.5 Å². The van der Waals surface area contributed by atoms with Gasteiger partial charge in [-0.2, -0.15) is 0 Å². The molecular formula is C22H28N4O3. The highest BCUT2D eigenvalue weighted by Gasteiger charge is 2.20. The van der Waals surface area contributed by atoms with E-state index in [2.05, 4.69) is 16.0 Å². The van der Waals surface area contributed by atoms with Gasteiger partial charge in [0, 0.05) is 6.54 Å². The number of urea groups is 1. The standard InChI is InChI=1S/C22H28N4O3/c23-22(28)26-20(13-21(27)25-15-16-6-5-11-24-14-16)17-7-4-10-19(12-17)29-18-8-2-1-3-9-18/h1-4,7-10,12,16,20,24H,5-6,11,13-15H2,(H,25,27)(H3,23,26,28). The number of hydrogen-bond acceptors (Lipinski definition) is 4. The summed E-state index contributed by atoms with van der Waals surface area (Å²) in [5.41, 5.74) is 6.09. The number of para-hydroxylation sites is 1. The number of carbonyl (C=O) groups excluding carboxylic acids is 2. The van der Waals surface area contributed by atoms with E-state index in [0.717, 1.165) is 31.5 Å². The number of benzene rings is 2. The lowest BCUT2D eigenvalue weighted by Gasteiger charge is -2.24. The number of piperidine rings is 1. The maximum Gasteiger partial charge on any atom is 0.312 e. The maximum atomic E-state index is 12.5. The third kappa shape index (κ3) is 6.80. The summed E-state index contributed by atoms with van der Waals surface area (Å²) in [4.78, 5) is 24.0. The SMILES string of the molecule is NC(=O)NC(CC(=O)NCC1CCCNC1)c1cccc(Oc2ccccc2)c1. The third-order valence-electron chi connectivity index (χ3n) is 4.93. The number of ether oxygens (including phenoxy) is 1. The Labute approximate surface area is 171 Å². The van der Waals surface area contributed by atoms with Crippen molar-refractivity contribution in [2.24, 2.45) is 11.7 Å². The fraction of sp³-hybridized carbons (Fsp3) is 0.364. The molecule has 2 aromatic rings. The summed E-state index contributed by atoms with van der Waals surface area (Å²) in [5.74, 6) is 1.66. The van der Waals surface area contributed by atoms with Crippen LogP contribution < -0.4 is 26.4 Å². The molecule has 29 heavy (non-hydrogen) atoms. The quantitative estimate of drug-likeness (QED) is 0.550. The summed E-state index contributed by atoms with van der Waals surface area (Å²) in [6.07, 6.45) is 2.34. The van der Waals surface area contributed by atoms with Crippen molar-refractivity contribution in [2.45, 2.75) is 25.3 Å². The minimum atomic E-state index is -0.673. The monoisotopic (exact) mass is 396 g/mol. The summed E-state index contributed by atoms with van der Waals surface area (Å²) in [6.45, 7) is 2.59. The van der Waals surface area contributed by atoms with E-state index >= 15 is 0 Å². The Kier molecular flexibility index (Phi) is 7.47. The summed E-state index contributed by atoms with van der Waals surface area (Å²) in [5, 5.41) is 8.98. The second-order valence-electron chi connectivity index (χ2n) is 7.27. The lowest BCUT2D eigenvalue weighted by molar-refractivity contribution is -0.121. The zero-order chi connectivity index (χ0) is 20.5. The van der Waals surface area contributed by atoms with Gasteiger partial charge < -0.3 is 26.4 Å². The van der Waals surface area contributed by atoms with Gasteiger partial charge in [0.25, 0.3) is 0 Å². The van der Waals surface area contributed by atoms with Crippen LogP contribution in [0.4, 0.5) is 4.79 Å². The lowest BCUT2D eigenvalue weighted by atomic mass is 9.99. The highest BCUT2D eigenvalue weighted by Crippen LogP contribution is 2.26. The molecule has 3 rings (SSSR count). The number of hydrogen-bond donors (Lipinski definition) is 4. The Balaban J connectivity index is 1.63. The molecular weight excluding hydrogens is 368 g/mol. The first-order chi connectivity index (χ1) is 14.1. The first kappa shape index (κ1) is 20.7. The van der Waals surface area contributed by atoms with Crippen molar-refractivity contribution in [3.05, 3.63) is 60.2 Å². The normalized spacial score (nSPS) is 17.2. The van der Waals surface area contributed by atoms with Gasteiger partial charge in [-0.15, -0.1) is 0 Å². The van der Waals surface area contributed by atoms with E-state index < -0.39 is 12.1 Å². The Bertz CT molecular complexity index is 807. The number of nitrogens with two attached hydrogens (primary N) is 1. The smallest absolute Gasteiger partial charge is 0.312 e. The molecule has 1 saturated heterocycles. The van der Waals surface area contributed by atoms with E-state index in [9.17, 15) is 9.59 Å². The molecule has 1 heterocycles. The average Bonchev–Trinajstić information content (AvgIpc) is 2.73. The molecule has 0 saturated carbocycles. The maximum absolute atomic E-state index is 12.5. The lowest BCUT2D eigenvalue weighted by Crippen LogP contribution is -2.40. The molecule has 0 spiro atoms. The highest BCUT2D eigenvalue weighted by atomic mass is 16.5. The summed E-state index contributed by atoms with van der Waals surface area (Å²) in [6, 6.07) is 15.5. The van der Waals surface area contributed by atoms with Crippen molar-refractivity contribution in [1.82, 2.24) is 16.0 Å². The minimum absolute atomic E-state index is 0.109. The second kappa shape index (κ2) is 10.5. The van der Waals surface area contributed by atoms with Crippen LogP contribution in [0.5, 0.6) is 11.5 Å². The van der Waals surface area contributed by atoms with Gasteiger partial charge in [0.1, 0.15) is 11.5 Å². The Morgan fingerprint density at radius 1 is 1.14 bits per heavy atom. The van der Waals surface area contributed by atoms with Crippen molar-refractivity contribution in [2.75, 3.05) is 19.6 Å². The van der Waals surface area contributed by atoms with Crippen LogP contribution in [0.25, 0.3) is 0 Å². The number of amides is 3. The number of nitrogens with one attached hydrogen (secondary N) is 3. The molecule has 1 aliphatic rings. The van der Waals surface area contributed by atoms with Gasteiger partial charge in [0.15, 0.2) is 0 Å². The minimum Gasteiger partial charge on any atom is -0.457 e. The van der Waals surface area contributed by atoms with E-state index in [-0.39, 0.29) is 12.3 Å². The molecule has 0 aromatic heterocycles. The zero-order valence-corrected chi connectivity index (χ0v) is 16.4. The van der Waals surface area contributed by atoms with Gasteiger partial charge >= 0.3 is 6.03 Å². The molecule has 0 aliphatic carbocycles. The van der Waals surface area contributed by atoms with E-state index in [1.807, 2.05) is 54.6 Å². The first-order valence-corrected chi connectivity index (χ1v) is 9.96. The third-order valence-corrected chi connectivity index (χ3v) is 4.93. The molecule has 0 radical (unpaired) electrons. The molecule has 2 unspecified atom stereocenters. The van der Waals surface area contributed by atoms with Crippen LogP contribution in [0, 0.1) is 5.92 Å². The Hall–Kier alpha value is -3.06. The van der Waals surface area contributed by atoms with Gasteiger partial charge in [0.05, 0.1) is 12.5 Å². The molecule has 0 bridgehead atoms. The molecule has 3 amide bonds. The van der Waals surface area contributed by atoms with E-state index in [1.165, 1.54) is 0 Å². The Morgan fingerprint density at radius 2 is 1.93 bits per heavy atom. The van der Waals surface area contributed by atoms with Crippen LogP contribution in [-0.2, 0) is 4.79 Å². The van der Waals surface area contributed by atoms with Crippen molar-refractivity contribution in [3.8, 4) is 11.5 Å². The van der Waals surface area contributed by atoms with Crippen LogP contribution in [0.15, 0.2) is 54.6 Å². The van der Waals surface area contributed by atoms with Gasteiger partial charge in [-0.25, -0.2) is 4.79 Å². The zero-order valence-electron chi connectivity index (χ0n) is 16.4. The van der Waals surface area contributed by atoms with Crippen LogP contribution in [0.2, 0.25) is 0 Å². The second-order valence-corrected chi connectivity index (χ2v) is 7.27. The molecule has 2 atom stereocenters. The van der Waals surface area contributed by atoms with Gasteiger partial charge in [-0.05, 0) is 61.7 Å². The van der Waals surface area contributed by atoms with Gasteiger partial charge in [-0.1, -0.05) is 30.3 Å². The van der Waals surface area contributed by atoms with Crippen LogP contribution in [0.1, 0.15) is 30.9 Å². The van der Waals surface area contributed by atoms with Gasteiger partial charge in [-0.3, -0.25) is 4.79 Å². The van der Waals surface area contributed by atoms with E-state index in [0.29, 0.717) is 24.0 Å². The number of primary amides is 1. The van der Waals surface area contributed by atoms with Gasteiger partial charge in [0.2, 0.25) is 5.91 Å². The average molecular weight is 396 g/mol. The van der Waals surface area contributed by atoms with E-state index in [1.54, 1.807) is 0 Å². The Morgan fingerprint density at radius 3 is 2.66 bits per heavy atom. The van der Waals surface area contributed by atoms with Crippen molar-refractivity contribution < 1.29 is 14.3 Å². The molecule has 7 nitrogen and oxygen atoms in total. The van der Waals surface area contributed by atoms with Crippen molar-refractivity contribution in [3.63, 3.8) is 0 Å². The largest absolute Gasteiger partial charge is 0.457 e. The molecule has 1 aliphatic heterocycles. The van der Waals surface area contributed by atoms with Crippen molar-refractivity contribution in [1.29, 1.82) is 0 Å². The molecule has 1 fully saturated rings. The molecule has 7 heteroatoms. The molecule has 154 valence electrons. The van der Waals surface area contributed by atoms with Crippen molar-refractivity contribution >= 4 is 11.9 Å². The number of rotatable bonds is 8. The molecule has 2 aromatic carbocycles. The predicted molar refractivity (Wildman–Crippen MR) is 112 cm³/mol. The first-order valence-electron chi connectivity index (χ1n) is 9.96. The fourth-order valence-electron chi connectivity index (χ4n) is 3.46. The fourth-order valence-corrected chi connectivity index (χ4v) is 3.46. The van der Waals surface area contributed by atoms with Crippen LogP contribution in [-0.4, -0.2) is 31.6 Å². The van der Waals surface area contributed by atoms with Crippen LogP contribution >= 0.6 is 0 Å². The summed E-state index contributed by atoms with van der Waals surface area (Å²) < 4.78 is 5.85. The predicted octanol–water partition coefficient (Wildman–Crippen LogP) is 2.69.